The highest BCUT2D eigenvalue weighted by Crippen LogP contribution is 2.33. The summed E-state index contributed by atoms with van der Waals surface area (Å²) in [4.78, 5) is 12.5. The van der Waals surface area contributed by atoms with E-state index in [4.69, 9.17) is 4.74 Å². The number of aromatic hydroxyl groups is 1. The van der Waals surface area contributed by atoms with E-state index in [1.165, 1.54) is 12.5 Å². The molecule has 2 rings (SSSR count). The van der Waals surface area contributed by atoms with Gasteiger partial charge in [0.15, 0.2) is 11.5 Å². The number of phenols is 1. The van der Waals surface area contributed by atoms with Crippen LogP contribution in [0.4, 0.5) is 0 Å². The van der Waals surface area contributed by atoms with Gasteiger partial charge in [0.05, 0.1) is 10.2 Å². The van der Waals surface area contributed by atoms with Gasteiger partial charge in [0.2, 0.25) is 0 Å². The molecule has 0 unspecified atom stereocenters. The van der Waals surface area contributed by atoms with E-state index in [1.807, 2.05) is 35.6 Å². The van der Waals surface area contributed by atoms with Crippen molar-refractivity contribution in [3.8, 4) is 17.6 Å². The summed E-state index contributed by atoms with van der Waals surface area (Å²) < 4.78 is 6.01. The number of nitrogens with zero attached hydrogens (tertiary/aromatic N) is 1. The highest BCUT2D eigenvalue weighted by molar-refractivity contribution is 14.1. The smallest absolute Gasteiger partial charge is 0.262 e. The van der Waals surface area contributed by atoms with Crippen molar-refractivity contribution in [2.45, 2.75) is 45.6 Å². The van der Waals surface area contributed by atoms with Crippen molar-refractivity contribution in [3.05, 3.63) is 26.8 Å². The van der Waals surface area contributed by atoms with Crippen molar-refractivity contribution in [3.63, 3.8) is 0 Å². The van der Waals surface area contributed by atoms with E-state index in [0.29, 0.717) is 27.4 Å². The maximum absolute atomic E-state index is 12.5. The molecule has 0 aliphatic heterocycles. The Labute approximate surface area is 162 Å². The molecule has 2 atom stereocenters. The zero-order valence-corrected chi connectivity index (χ0v) is 16.7. The van der Waals surface area contributed by atoms with Gasteiger partial charge in [0, 0.05) is 6.04 Å². The summed E-state index contributed by atoms with van der Waals surface area (Å²) in [5, 5.41) is 22.4. The number of halogens is 1. The molecular weight excluding hydrogens is 431 g/mol. The number of rotatable bonds is 5. The minimum absolute atomic E-state index is 0.0571. The van der Waals surface area contributed by atoms with E-state index in [1.54, 1.807) is 12.1 Å². The maximum atomic E-state index is 12.5. The van der Waals surface area contributed by atoms with E-state index in [9.17, 15) is 15.2 Å². The Hall–Kier alpha value is -1.75. The Balaban J connectivity index is 2.21. The summed E-state index contributed by atoms with van der Waals surface area (Å²) in [5.41, 5.74) is 0.704. The molecule has 134 valence electrons. The molecule has 1 aliphatic carbocycles. The molecule has 2 N–H and O–H groups in total. The van der Waals surface area contributed by atoms with Gasteiger partial charge in [-0.2, -0.15) is 5.26 Å². The number of nitriles is 1. The molecule has 1 fully saturated rings. The number of hydrogen-bond donors (Lipinski definition) is 2. The van der Waals surface area contributed by atoms with Gasteiger partial charge in [-0.3, -0.25) is 4.79 Å². The van der Waals surface area contributed by atoms with Crippen LogP contribution < -0.4 is 10.1 Å². The van der Waals surface area contributed by atoms with Crippen LogP contribution in [0.3, 0.4) is 0 Å². The van der Waals surface area contributed by atoms with E-state index in [0.717, 1.165) is 19.3 Å². The molecule has 0 bridgehead atoms. The molecule has 0 radical (unpaired) electrons. The second-order valence-electron chi connectivity index (χ2n) is 6.29. The number of carbonyl (C=O) groups excluding carboxylic acids is 1. The highest BCUT2D eigenvalue weighted by atomic mass is 127. The van der Waals surface area contributed by atoms with Crippen molar-refractivity contribution in [2.24, 2.45) is 5.92 Å². The van der Waals surface area contributed by atoms with Crippen LogP contribution in [0.1, 0.15) is 45.1 Å². The lowest BCUT2D eigenvalue weighted by Crippen LogP contribution is -2.41. The molecule has 5 nitrogen and oxygen atoms in total. The summed E-state index contributed by atoms with van der Waals surface area (Å²) in [7, 11) is 0. The predicted molar refractivity (Wildman–Crippen MR) is 105 cm³/mol. The number of nitrogens with one attached hydrogen (secondary N) is 1. The van der Waals surface area contributed by atoms with Crippen molar-refractivity contribution >= 4 is 34.6 Å². The third-order valence-corrected chi connectivity index (χ3v) is 5.28. The molecule has 0 aromatic heterocycles. The summed E-state index contributed by atoms with van der Waals surface area (Å²) in [6, 6.07) is 5.45. The highest BCUT2D eigenvalue weighted by Gasteiger charge is 2.24. The molecule has 0 saturated heterocycles. The van der Waals surface area contributed by atoms with Gasteiger partial charge >= 0.3 is 0 Å². The number of hydrogen-bond acceptors (Lipinski definition) is 4. The SMILES string of the molecule is CCOc1cc(/C=C(\C#N)C(=O)N[C@H]2CCCC[C@H]2C)cc(I)c1O. The Morgan fingerprint density at radius 2 is 2.20 bits per heavy atom. The fraction of sp³-hybridized carbons (Fsp3) is 0.474. The van der Waals surface area contributed by atoms with Crippen molar-refractivity contribution in [2.75, 3.05) is 6.61 Å². The summed E-state index contributed by atoms with van der Waals surface area (Å²) >= 11 is 2.00. The second kappa shape index (κ2) is 9.09. The van der Waals surface area contributed by atoms with Crippen LogP contribution in [-0.4, -0.2) is 23.7 Å². The van der Waals surface area contributed by atoms with Crippen LogP contribution in [-0.2, 0) is 4.79 Å². The largest absolute Gasteiger partial charge is 0.504 e. The Morgan fingerprint density at radius 3 is 2.84 bits per heavy atom. The molecule has 1 aromatic rings. The van der Waals surface area contributed by atoms with Crippen molar-refractivity contribution < 1.29 is 14.6 Å². The Bertz CT molecular complexity index is 709. The molecular formula is C19H23IN2O3. The third kappa shape index (κ3) is 5.11. The topological polar surface area (TPSA) is 82.3 Å². The summed E-state index contributed by atoms with van der Waals surface area (Å²) in [6.45, 7) is 4.38. The third-order valence-electron chi connectivity index (χ3n) is 4.45. The predicted octanol–water partition coefficient (Wildman–Crippen LogP) is 4.00. The Morgan fingerprint density at radius 1 is 1.48 bits per heavy atom. The molecule has 1 aliphatic rings. The van der Waals surface area contributed by atoms with Gasteiger partial charge in [-0.15, -0.1) is 0 Å². The minimum atomic E-state index is -0.345. The first-order valence-corrected chi connectivity index (χ1v) is 9.62. The van der Waals surface area contributed by atoms with E-state index >= 15 is 0 Å². The number of phenolic OH excluding ortho intramolecular Hbond substituents is 1. The van der Waals surface area contributed by atoms with E-state index < -0.39 is 0 Å². The first kappa shape index (κ1) is 19.6. The van der Waals surface area contributed by atoms with Crippen LogP contribution >= 0.6 is 22.6 Å². The lowest BCUT2D eigenvalue weighted by Gasteiger charge is -2.29. The van der Waals surface area contributed by atoms with E-state index in [2.05, 4.69) is 12.2 Å². The van der Waals surface area contributed by atoms with Crippen LogP contribution in [0.25, 0.3) is 6.08 Å². The average Bonchev–Trinajstić information content (AvgIpc) is 2.59. The quantitative estimate of drug-likeness (QED) is 0.401. The monoisotopic (exact) mass is 454 g/mol. The fourth-order valence-corrected chi connectivity index (χ4v) is 3.66. The second-order valence-corrected chi connectivity index (χ2v) is 7.46. The fourth-order valence-electron chi connectivity index (χ4n) is 3.03. The first-order chi connectivity index (χ1) is 12.0. The number of carbonyl (C=O) groups is 1. The van der Waals surface area contributed by atoms with Crippen LogP contribution in [0.5, 0.6) is 11.5 Å². The Kier molecular flexibility index (Phi) is 7.12. The molecule has 1 aromatic carbocycles. The standard InChI is InChI=1S/C19H23IN2O3/c1-3-25-17-10-13(9-15(20)18(17)23)8-14(11-21)19(24)22-16-7-5-4-6-12(16)2/h8-10,12,16,23H,3-7H2,1-2H3,(H,22,24)/b14-8+/t12-,16+/m1/s1. The summed E-state index contributed by atoms with van der Waals surface area (Å²) in [6.07, 6.45) is 5.89. The van der Waals surface area contributed by atoms with Crippen LogP contribution in [0.2, 0.25) is 0 Å². The number of ether oxygens (including phenoxy) is 1. The van der Waals surface area contributed by atoms with Gasteiger partial charge in [0.1, 0.15) is 11.6 Å². The van der Waals surface area contributed by atoms with Crippen molar-refractivity contribution in [1.29, 1.82) is 5.26 Å². The van der Waals surface area contributed by atoms with Gasteiger partial charge in [-0.05, 0) is 72.0 Å². The normalized spacial score (nSPS) is 20.6. The van der Waals surface area contributed by atoms with Gasteiger partial charge < -0.3 is 15.2 Å². The zero-order valence-electron chi connectivity index (χ0n) is 14.5. The number of benzene rings is 1. The minimum Gasteiger partial charge on any atom is -0.504 e. The van der Waals surface area contributed by atoms with Crippen LogP contribution in [0, 0.1) is 20.8 Å². The zero-order chi connectivity index (χ0) is 18.4. The molecule has 25 heavy (non-hydrogen) atoms. The lowest BCUT2D eigenvalue weighted by atomic mass is 9.86. The first-order valence-electron chi connectivity index (χ1n) is 8.54. The molecule has 6 heteroatoms. The summed E-state index contributed by atoms with van der Waals surface area (Å²) in [5.74, 6) is 0.497. The number of amides is 1. The molecule has 0 spiro atoms. The van der Waals surface area contributed by atoms with Gasteiger partial charge in [-0.25, -0.2) is 0 Å². The lowest BCUT2D eigenvalue weighted by molar-refractivity contribution is -0.118. The molecule has 1 amide bonds. The van der Waals surface area contributed by atoms with Gasteiger partial charge in [-0.1, -0.05) is 19.8 Å². The van der Waals surface area contributed by atoms with Gasteiger partial charge in [0.25, 0.3) is 5.91 Å². The average molecular weight is 454 g/mol. The van der Waals surface area contributed by atoms with Crippen molar-refractivity contribution in [1.82, 2.24) is 5.32 Å². The maximum Gasteiger partial charge on any atom is 0.262 e. The molecule has 0 heterocycles. The van der Waals surface area contributed by atoms with E-state index in [-0.39, 0.29) is 23.3 Å². The van der Waals surface area contributed by atoms with Crippen LogP contribution in [0.15, 0.2) is 17.7 Å². The molecule has 1 saturated carbocycles.